The van der Waals surface area contributed by atoms with Crippen molar-refractivity contribution in [3.63, 3.8) is 0 Å². The molecule has 3 rings (SSSR count). The molecule has 1 amide bonds. The van der Waals surface area contributed by atoms with E-state index in [4.69, 9.17) is 16.1 Å². The van der Waals surface area contributed by atoms with Crippen LogP contribution in [-0.4, -0.2) is 16.0 Å². The lowest BCUT2D eigenvalue weighted by Crippen LogP contribution is -2.23. The zero-order valence-electron chi connectivity index (χ0n) is 13.7. The van der Waals surface area contributed by atoms with Crippen molar-refractivity contribution in [2.45, 2.75) is 13.5 Å². The minimum atomic E-state index is -0.628. The second-order valence-electron chi connectivity index (χ2n) is 5.65. The van der Waals surface area contributed by atoms with Crippen molar-refractivity contribution >= 4 is 23.2 Å². The van der Waals surface area contributed by atoms with Crippen LogP contribution in [0.4, 0.5) is 5.69 Å². The van der Waals surface area contributed by atoms with Gasteiger partial charge in [0.2, 0.25) is 0 Å². The molecule has 0 radical (unpaired) electrons. The highest BCUT2D eigenvalue weighted by Crippen LogP contribution is 2.23. The Morgan fingerprint density at radius 3 is 2.65 bits per heavy atom. The number of rotatable bonds is 5. The Kier molecular flexibility index (Phi) is 4.99. The molecule has 0 saturated heterocycles. The van der Waals surface area contributed by atoms with E-state index in [0.29, 0.717) is 11.5 Å². The van der Waals surface area contributed by atoms with Gasteiger partial charge in [0.25, 0.3) is 11.6 Å². The highest BCUT2D eigenvalue weighted by Gasteiger charge is 2.20. The Morgan fingerprint density at radius 2 is 1.96 bits per heavy atom. The van der Waals surface area contributed by atoms with E-state index in [0.717, 1.165) is 11.1 Å². The number of nitrogens with zero attached hydrogens (tertiary/aromatic N) is 2. The largest absolute Gasteiger partial charge is 0.356 e. The lowest BCUT2D eigenvalue weighted by atomic mass is 10.1. The van der Waals surface area contributed by atoms with Gasteiger partial charge in [-0.3, -0.25) is 14.9 Å². The predicted octanol–water partition coefficient (Wildman–Crippen LogP) is 4.14. The van der Waals surface area contributed by atoms with Gasteiger partial charge in [-0.05, 0) is 19.1 Å². The van der Waals surface area contributed by atoms with Crippen LogP contribution >= 0.6 is 11.6 Å². The van der Waals surface area contributed by atoms with Gasteiger partial charge in [0.1, 0.15) is 11.3 Å². The molecule has 1 N–H and O–H groups in total. The Labute approximate surface area is 153 Å². The Morgan fingerprint density at radius 1 is 1.23 bits per heavy atom. The van der Waals surface area contributed by atoms with Gasteiger partial charge in [0, 0.05) is 22.7 Å². The van der Waals surface area contributed by atoms with E-state index in [1.807, 2.05) is 31.2 Å². The molecule has 0 aliphatic carbocycles. The molecular weight excluding hydrogens is 358 g/mol. The summed E-state index contributed by atoms with van der Waals surface area (Å²) in [6.07, 6.45) is 0. The predicted molar refractivity (Wildman–Crippen MR) is 96.0 cm³/mol. The van der Waals surface area contributed by atoms with E-state index in [2.05, 4.69) is 10.5 Å². The normalized spacial score (nSPS) is 10.5. The summed E-state index contributed by atoms with van der Waals surface area (Å²) >= 11 is 5.84. The van der Waals surface area contributed by atoms with E-state index >= 15 is 0 Å². The highest BCUT2D eigenvalue weighted by atomic mass is 35.5. The van der Waals surface area contributed by atoms with Crippen molar-refractivity contribution in [1.29, 1.82) is 0 Å². The Balaban J connectivity index is 1.72. The van der Waals surface area contributed by atoms with Crippen LogP contribution in [0.15, 0.2) is 53.1 Å². The summed E-state index contributed by atoms with van der Waals surface area (Å²) in [5.74, 6) is -0.0397. The topological polar surface area (TPSA) is 98.3 Å². The van der Waals surface area contributed by atoms with E-state index in [-0.39, 0.29) is 22.8 Å². The number of carbonyl (C=O) groups excluding carboxylic acids is 1. The van der Waals surface area contributed by atoms with Crippen LogP contribution in [0.1, 0.15) is 21.6 Å². The Hall–Kier alpha value is -3.19. The number of aromatic nitrogens is 1. The lowest BCUT2D eigenvalue weighted by molar-refractivity contribution is -0.385. The van der Waals surface area contributed by atoms with Gasteiger partial charge in [-0.1, -0.05) is 46.6 Å². The molecule has 0 bridgehead atoms. The summed E-state index contributed by atoms with van der Waals surface area (Å²) in [5, 5.41) is 17.8. The third kappa shape index (κ3) is 3.89. The molecular formula is C18H14ClN3O4. The van der Waals surface area contributed by atoms with Crippen LogP contribution in [0, 0.1) is 17.0 Å². The van der Waals surface area contributed by atoms with Gasteiger partial charge < -0.3 is 9.84 Å². The Bertz CT molecular complexity index is 967. The van der Waals surface area contributed by atoms with Gasteiger partial charge in [0.05, 0.1) is 11.5 Å². The summed E-state index contributed by atoms with van der Waals surface area (Å²) in [7, 11) is 0. The summed E-state index contributed by atoms with van der Waals surface area (Å²) < 4.78 is 5.28. The molecule has 1 heterocycles. The van der Waals surface area contributed by atoms with Crippen LogP contribution in [0.2, 0.25) is 5.02 Å². The standard InChI is InChI=1S/C18H14ClN3O4/c1-11-2-4-12(5-3-11)17-9-14(21-26-17)10-20-18(23)15-8-13(19)6-7-16(15)22(24)25/h2-9H,10H2,1H3,(H,20,23). The number of benzene rings is 2. The third-order valence-corrected chi connectivity index (χ3v) is 3.96. The fourth-order valence-corrected chi connectivity index (χ4v) is 2.54. The van der Waals surface area contributed by atoms with Crippen molar-refractivity contribution in [3.05, 3.63) is 80.5 Å². The first-order valence-electron chi connectivity index (χ1n) is 7.69. The number of nitrogens with one attached hydrogen (secondary N) is 1. The first kappa shape index (κ1) is 17.6. The van der Waals surface area contributed by atoms with Crippen molar-refractivity contribution in [2.24, 2.45) is 0 Å². The van der Waals surface area contributed by atoms with Crippen LogP contribution in [0.25, 0.3) is 11.3 Å². The number of hydrogen-bond acceptors (Lipinski definition) is 5. The number of amides is 1. The van der Waals surface area contributed by atoms with Crippen molar-refractivity contribution in [2.75, 3.05) is 0 Å². The van der Waals surface area contributed by atoms with Gasteiger partial charge in [0.15, 0.2) is 5.76 Å². The number of nitro benzene ring substituents is 1. The molecule has 0 aliphatic heterocycles. The van der Waals surface area contributed by atoms with Crippen molar-refractivity contribution in [1.82, 2.24) is 10.5 Å². The first-order chi connectivity index (χ1) is 12.4. The quantitative estimate of drug-likeness (QED) is 0.536. The van der Waals surface area contributed by atoms with E-state index in [1.165, 1.54) is 18.2 Å². The number of aryl methyl sites for hydroxylation is 1. The van der Waals surface area contributed by atoms with Crippen molar-refractivity contribution in [3.8, 4) is 11.3 Å². The minimum Gasteiger partial charge on any atom is -0.356 e. The molecule has 0 spiro atoms. The molecule has 0 saturated carbocycles. The smallest absolute Gasteiger partial charge is 0.282 e. The number of nitro groups is 1. The zero-order chi connectivity index (χ0) is 18.7. The fourth-order valence-electron chi connectivity index (χ4n) is 2.36. The van der Waals surface area contributed by atoms with Crippen molar-refractivity contribution < 1.29 is 14.2 Å². The van der Waals surface area contributed by atoms with E-state index in [1.54, 1.807) is 6.07 Å². The zero-order valence-corrected chi connectivity index (χ0v) is 14.5. The molecule has 132 valence electrons. The monoisotopic (exact) mass is 371 g/mol. The average molecular weight is 372 g/mol. The van der Waals surface area contributed by atoms with Crippen LogP contribution in [0.3, 0.4) is 0 Å². The minimum absolute atomic E-state index is 0.0673. The second kappa shape index (κ2) is 7.37. The maximum atomic E-state index is 12.3. The maximum Gasteiger partial charge on any atom is 0.282 e. The first-order valence-corrected chi connectivity index (χ1v) is 8.06. The van der Waals surface area contributed by atoms with Gasteiger partial charge in [-0.2, -0.15) is 0 Å². The van der Waals surface area contributed by atoms with Gasteiger partial charge in [-0.15, -0.1) is 0 Å². The molecule has 26 heavy (non-hydrogen) atoms. The summed E-state index contributed by atoms with van der Waals surface area (Å²) in [5.41, 5.74) is 2.07. The lowest BCUT2D eigenvalue weighted by Gasteiger charge is -2.04. The summed E-state index contributed by atoms with van der Waals surface area (Å²) in [4.78, 5) is 22.7. The second-order valence-corrected chi connectivity index (χ2v) is 6.09. The average Bonchev–Trinajstić information content (AvgIpc) is 3.09. The molecule has 0 unspecified atom stereocenters. The van der Waals surface area contributed by atoms with E-state index in [9.17, 15) is 14.9 Å². The summed E-state index contributed by atoms with van der Waals surface area (Å²) in [6.45, 7) is 2.05. The molecule has 0 atom stereocenters. The van der Waals surface area contributed by atoms with Crippen LogP contribution < -0.4 is 5.32 Å². The highest BCUT2D eigenvalue weighted by molar-refractivity contribution is 6.31. The molecule has 8 heteroatoms. The number of hydrogen-bond donors (Lipinski definition) is 1. The molecule has 0 fully saturated rings. The number of halogens is 1. The van der Waals surface area contributed by atoms with Crippen LogP contribution in [0.5, 0.6) is 0 Å². The molecule has 3 aromatic rings. The van der Waals surface area contributed by atoms with Crippen LogP contribution in [-0.2, 0) is 6.54 Å². The third-order valence-electron chi connectivity index (χ3n) is 3.73. The summed E-state index contributed by atoms with van der Waals surface area (Å²) in [6, 6.07) is 13.3. The molecule has 0 aliphatic rings. The maximum absolute atomic E-state index is 12.3. The van der Waals surface area contributed by atoms with Gasteiger partial charge >= 0.3 is 0 Å². The van der Waals surface area contributed by atoms with E-state index < -0.39 is 10.8 Å². The molecule has 7 nitrogen and oxygen atoms in total. The number of carbonyl (C=O) groups is 1. The molecule has 1 aromatic heterocycles. The SMILES string of the molecule is Cc1ccc(-c2cc(CNC(=O)c3cc(Cl)ccc3[N+](=O)[O-])no2)cc1. The van der Waals surface area contributed by atoms with Gasteiger partial charge in [-0.25, -0.2) is 0 Å². The molecule has 2 aromatic carbocycles. The fraction of sp³-hybridized carbons (Fsp3) is 0.111.